The van der Waals surface area contributed by atoms with Gasteiger partial charge in [-0.1, -0.05) is 20.3 Å². The molecule has 0 radical (unpaired) electrons. The van der Waals surface area contributed by atoms with Crippen LogP contribution in [0.2, 0.25) is 0 Å². The molecule has 0 aromatic rings. The van der Waals surface area contributed by atoms with Crippen LogP contribution in [0.1, 0.15) is 33.1 Å². The molecule has 1 nitrogen and oxygen atoms in total. The van der Waals surface area contributed by atoms with Crippen LogP contribution in [0.4, 0.5) is 0 Å². The molecule has 0 bridgehead atoms. The Morgan fingerprint density at radius 3 is 2.00 bits per heavy atom. The van der Waals surface area contributed by atoms with E-state index in [0.29, 0.717) is 6.04 Å². The third kappa shape index (κ3) is 6.25. The lowest BCUT2D eigenvalue weighted by Gasteiger charge is -2.03. The van der Waals surface area contributed by atoms with E-state index in [4.69, 9.17) is 5.73 Å². The number of nitrogens with two attached hydrogens (primary N) is 1. The van der Waals surface area contributed by atoms with Crippen molar-refractivity contribution in [1.82, 2.24) is 0 Å². The number of hydrogen-bond donors (Lipinski definition) is 1. The summed E-state index contributed by atoms with van der Waals surface area (Å²) in [5.74, 6) is 0. The molecule has 1 atom stereocenters. The maximum atomic E-state index is 5.58. The molecule has 0 aliphatic carbocycles. The molecule has 0 fully saturated rings. The van der Waals surface area contributed by atoms with Gasteiger partial charge in [-0.2, -0.15) is 0 Å². The highest BCUT2D eigenvalue weighted by Gasteiger charge is 1.92. The lowest BCUT2D eigenvalue weighted by molar-refractivity contribution is 0.587. The highest BCUT2D eigenvalue weighted by atomic mass is 35.5. The zero-order valence-corrected chi connectivity index (χ0v) is 6.50. The van der Waals surface area contributed by atoms with Gasteiger partial charge in [-0.05, 0) is 12.8 Å². The normalized spacial score (nSPS) is 12.4. The second-order valence-corrected chi connectivity index (χ2v) is 1.96. The minimum atomic E-state index is 0. The van der Waals surface area contributed by atoms with Gasteiger partial charge < -0.3 is 5.73 Å². The van der Waals surface area contributed by atoms with Gasteiger partial charge in [0, 0.05) is 6.04 Å². The fourth-order valence-corrected chi connectivity index (χ4v) is 0.575. The zero-order valence-electron chi connectivity index (χ0n) is 5.68. The van der Waals surface area contributed by atoms with Gasteiger partial charge in [-0.3, -0.25) is 0 Å². The second-order valence-electron chi connectivity index (χ2n) is 1.96. The molecule has 0 amide bonds. The maximum absolute atomic E-state index is 5.58. The largest absolute Gasteiger partial charge is 0.328 e. The summed E-state index contributed by atoms with van der Waals surface area (Å²) in [5.41, 5.74) is 5.58. The van der Waals surface area contributed by atoms with E-state index in [-0.39, 0.29) is 12.4 Å². The number of hydrogen-bond acceptors (Lipinski definition) is 1. The first-order chi connectivity index (χ1) is 3.31. The van der Waals surface area contributed by atoms with E-state index in [0.717, 1.165) is 6.42 Å². The summed E-state index contributed by atoms with van der Waals surface area (Å²) < 4.78 is 0. The minimum Gasteiger partial charge on any atom is -0.328 e. The molecule has 0 aliphatic rings. The Hall–Kier alpha value is 0.250. The zero-order chi connectivity index (χ0) is 5.70. The molecular weight excluding hydrogens is 122 g/mol. The fourth-order valence-electron chi connectivity index (χ4n) is 0.575. The van der Waals surface area contributed by atoms with Gasteiger partial charge >= 0.3 is 0 Å². The molecule has 0 saturated carbocycles. The first-order valence-corrected chi connectivity index (χ1v) is 3.06. The van der Waals surface area contributed by atoms with E-state index in [2.05, 4.69) is 13.8 Å². The first-order valence-electron chi connectivity index (χ1n) is 3.06. The standard InChI is InChI=1S/C6H15N.ClH/c1-3-5-6(7)4-2;/h6H,3-5,7H2,1-2H3;1H/t6-;/m1./s1. The van der Waals surface area contributed by atoms with Crippen molar-refractivity contribution in [3.63, 3.8) is 0 Å². The first kappa shape index (κ1) is 11.1. The van der Waals surface area contributed by atoms with Crippen LogP contribution in [0.3, 0.4) is 0 Å². The molecule has 2 heteroatoms. The lowest BCUT2D eigenvalue weighted by atomic mass is 10.1. The molecule has 2 N–H and O–H groups in total. The number of rotatable bonds is 3. The van der Waals surface area contributed by atoms with Crippen LogP contribution in [0.5, 0.6) is 0 Å². The predicted molar refractivity (Wildman–Crippen MR) is 40.4 cm³/mol. The Morgan fingerprint density at radius 1 is 1.38 bits per heavy atom. The van der Waals surface area contributed by atoms with Crippen molar-refractivity contribution < 1.29 is 0 Å². The summed E-state index contributed by atoms with van der Waals surface area (Å²) in [5, 5.41) is 0. The topological polar surface area (TPSA) is 26.0 Å². The van der Waals surface area contributed by atoms with Crippen LogP contribution < -0.4 is 5.73 Å². The van der Waals surface area contributed by atoms with Crippen molar-refractivity contribution in [2.24, 2.45) is 5.73 Å². The van der Waals surface area contributed by atoms with Gasteiger partial charge in [0.15, 0.2) is 0 Å². The Balaban J connectivity index is 0. The SMILES string of the molecule is CCC[C@H](N)CC.Cl. The average molecular weight is 138 g/mol. The quantitative estimate of drug-likeness (QED) is 0.632. The van der Waals surface area contributed by atoms with Crippen LogP contribution in [-0.4, -0.2) is 6.04 Å². The Labute approximate surface area is 58.1 Å². The smallest absolute Gasteiger partial charge is 0.00361 e. The van der Waals surface area contributed by atoms with Gasteiger partial charge in [0.1, 0.15) is 0 Å². The van der Waals surface area contributed by atoms with Crippen LogP contribution in [0.15, 0.2) is 0 Å². The second kappa shape index (κ2) is 7.25. The maximum Gasteiger partial charge on any atom is 0.00361 e. The van der Waals surface area contributed by atoms with E-state index in [9.17, 15) is 0 Å². The van der Waals surface area contributed by atoms with Crippen LogP contribution >= 0.6 is 12.4 Å². The van der Waals surface area contributed by atoms with Gasteiger partial charge in [-0.15, -0.1) is 12.4 Å². The minimum absolute atomic E-state index is 0. The molecule has 0 rings (SSSR count). The molecule has 0 saturated heterocycles. The summed E-state index contributed by atoms with van der Waals surface area (Å²) in [6.45, 7) is 4.29. The van der Waals surface area contributed by atoms with Crippen LogP contribution in [0, 0.1) is 0 Å². The third-order valence-electron chi connectivity index (χ3n) is 1.18. The summed E-state index contributed by atoms with van der Waals surface area (Å²) in [4.78, 5) is 0. The molecule has 52 valence electrons. The van der Waals surface area contributed by atoms with Gasteiger partial charge in [0.2, 0.25) is 0 Å². The van der Waals surface area contributed by atoms with E-state index in [1.807, 2.05) is 0 Å². The van der Waals surface area contributed by atoms with Gasteiger partial charge in [0.25, 0.3) is 0 Å². The summed E-state index contributed by atoms with van der Waals surface area (Å²) in [6.07, 6.45) is 3.51. The summed E-state index contributed by atoms with van der Waals surface area (Å²) in [7, 11) is 0. The van der Waals surface area contributed by atoms with Gasteiger partial charge in [0.05, 0.1) is 0 Å². The molecule has 0 spiro atoms. The van der Waals surface area contributed by atoms with Crippen molar-refractivity contribution in [2.45, 2.75) is 39.2 Å². The molecule has 0 aliphatic heterocycles. The average Bonchev–Trinajstić information content (AvgIpc) is 1.68. The summed E-state index contributed by atoms with van der Waals surface area (Å²) >= 11 is 0. The van der Waals surface area contributed by atoms with E-state index < -0.39 is 0 Å². The van der Waals surface area contributed by atoms with Crippen molar-refractivity contribution in [3.8, 4) is 0 Å². The summed E-state index contributed by atoms with van der Waals surface area (Å²) in [6, 6.07) is 0.449. The Bertz CT molecular complexity index is 39.5. The molecule has 0 unspecified atom stereocenters. The number of halogens is 1. The fraction of sp³-hybridized carbons (Fsp3) is 1.00. The van der Waals surface area contributed by atoms with E-state index in [1.54, 1.807) is 0 Å². The van der Waals surface area contributed by atoms with Crippen LogP contribution in [-0.2, 0) is 0 Å². The van der Waals surface area contributed by atoms with Crippen molar-refractivity contribution in [1.29, 1.82) is 0 Å². The lowest BCUT2D eigenvalue weighted by Crippen LogP contribution is -2.17. The van der Waals surface area contributed by atoms with E-state index >= 15 is 0 Å². The Kier molecular flexibility index (Phi) is 10.1. The van der Waals surface area contributed by atoms with E-state index in [1.165, 1.54) is 12.8 Å². The highest BCUT2D eigenvalue weighted by molar-refractivity contribution is 5.85. The molecule has 0 aromatic carbocycles. The van der Waals surface area contributed by atoms with Crippen molar-refractivity contribution in [2.75, 3.05) is 0 Å². The highest BCUT2D eigenvalue weighted by Crippen LogP contribution is 1.95. The predicted octanol–water partition coefficient (Wildman–Crippen LogP) is 1.95. The molecule has 8 heavy (non-hydrogen) atoms. The third-order valence-corrected chi connectivity index (χ3v) is 1.18. The molecule has 0 aromatic heterocycles. The Morgan fingerprint density at radius 2 is 1.88 bits per heavy atom. The van der Waals surface area contributed by atoms with Crippen molar-refractivity contribution in [3.05, 3.63) is 0 Å². The molecular formula is C6H16ClN. The monoisotopic (exact) mass is 137 g/mol. The van der Waals surface area contributed by atoms with Crippen LogP contribution in [0.25, 0.3) is 0 Å². The molecule has 0 heterocycles. The van der Waals surface area contributed by atoms with Crippen molar-refractivity contribution >= 4 is 12.4 Å². The van der Waals surface area contributed by atoms with Gasteiger partial charge in [-0.25, -0.2) is 0 Å².